The number of rotatable bonds is 2. The van der Waals surface area contributed by atoms with Gasteiger partial charge in [0.05, 0.1) is 11.6 Å². The number of benzene rings is 2. The number of anilines is 3. The zero-order chi connectivity index (χ0) is 13.1. The lowest BCUT2D eigenvalue weighted by Crippen LogP contribution is -2.11. The largest absolute Gasteiger partial charge is 0.385 e. The van der Waals surface area contributed by atoms with Crippen molar-refractivity contribution in [1.82, 2.24) is 0 Å². The quantitative estimate of drug-likeness (QED) is 0.853. The summed E-state index contributed by atoms with van der Waals surface area (Å²) in [5, 5.41) is 15.5. The Bertz CT molecular complexity index is 623. The molecule has 0 saturated heterocycles. The monoisotopic (exact) mass is 249 g/mol. The summed E-state index contributed by atoms with van der Waals surface area (Å²) >= 11 is 0. The van der Waals surface area contributed by atoms with Crippen molar-refractivity contribution < 1.29 is 0 Å². The van der Waals surface area contributed by atoms with Gasteiger partial charge in [-0.1, -0.05) is 0 Å². The van der Waals surface area contributed by atoms with Gasteiger partial charge in [0.25, 0.3) is 0 Å². The molecule has 0 aliphatic carbocycles. The lowest BCUT2D eigenvalue weighted by molar-refractivity contribution is 0.831. The molecule has 3 rings (SSSR count). The van der Waals surface area contributed by atoms with E-state index in [1.165, 1.54) is 17.7 Å². The first-order chi connectivity index (χ1) is 9.35. The van der Waals surface area contributed by atoms with E-state index in [0.29, 0.717) is 5.56 Å². The lowest BCUT2D eigenvalue weighted by Gasteiger charge is -2.19. The molecule has 3 nitrogen and oxygen atoms in total. The van der Waals surface area contributed by atoms with Gasteiger partial charge in [0.15, 0.2) is 0 Å². The maximum atomic E-state index is 8.77. The molecule has 0 unspecified atom stereocenters. The van der Waals surface area contributed by atoms with Gasteiger partial charge < -0.3 is 10.6 Å². The fraction of sp³-hybridized carbons (Fsp3) is 0.188. The molecule has 2 aromatic rings. The molecule has 19 heavy (non-hydrogen) atoms. The van der Waals surface area contributed by atoms with Crippen molar-refractivity contribution in [3.05, 3.63) is 53.6 Å². The van der Waals surface area contributed by atoms with Crippen LogP contribution in [0.25, 0.3) is 0 Å². The molecule has 0 radical (unpaired) electrons. The van der Waals surface area contributed by atoms with Crippen molar-refractivity contribution in [3.8, 4) is 6.07 Å². The van der Waals surface area contributed by atoms with Crippen LogP contribution >= 0.6 is 0 Å². The zero-order valence-corrected chi connectivity index (χ0v) is 10.6. The van der Waals surface area contributed by atoms with Gasteiger partial charge in [-0.15, -0.1) is 0 Å². The van der Waals surface area contributed by atoms with Crippen molar-refractivity contribution >= 4 is 17.1 Å². The first kappa shape index (κ1) is 11.6. The Kier molecular flexibility index (Phi) is 3.07. The van der Waals surface area contributed by atoms with Crippen LogP contribution in [-0.4, -0.2) is 6.54 Å². The zero-order valence-electron chi connectivity index (χ0n) is 10.6. The van der Waals surface area contributed by atoms with Crippen LogP contribution in [0.5, 0.6) is 0 Å². The summed E-state index contributed by atoms with van der Waals surface area (Å²) in [6.45, 7) is 1.06. The van der Waals surface area contributed by atoms with E-state index in [4.69, 9.17) is 5.26 Å². The first-order valence-electron chi connectivity index (χ1n) is 6.49. The summed E-state index contributed by atoms with van der Waals surface area (Å²) in [5.74, 6) is 0. The van der Waals surface area contributed by atoms with E-state index >= 15 is 0 Å². The van der Waals surface area contributed by atoms with Gasteiger partial charge in [-0.25, -0.2) is 0 Å². The predicted molar refractivity (Wildman–Crippen MR) is 77.7 cm³/mol. The van der Waals surface area contributed by atoms with Gasteiger partial charge in [-0.2, -0.15) is 5.26 Å². The number of nitriles is 1. The minimum absolute atomic E-state index is 0.681. The van der Waals surface area contributed by atoms with Gasteiger partial charge in [0.1, 0.15) is 0 Å². The van der Waals surface area contributed by atoms with Crippen LogP contribution in [-0.2, 0) is 6.42 Å². The second kappa shape index (κ2) is 5.03. The van der Waals surface area contributed by atoms with Gasteiger partial charge in [0, 0.05) is 23.6 Å². The molecule has 1 aliphatic rings. The highest BCUT2D eigenvalue weighted by Gasteiger charge is 2.08. The second-order valence-corrected chi connectivity index (χ2v) is 4.72. The molecule has 0 amide bonds. The van der Waals surface area contributed by atoms with Crippen LogP contribution in [0.2, 0.25) is 0 Å². The number of nitrogens with zero attached hydrogens (tertiary/aromatic N) is 1. The van der Waals surface area contributed by atoms with Crippen LogP contribution in [0.3, 0.4) is 0 Å². The lowest BCUT2D eigenvalue weighted by atomic mass is 10.0. The Morgan fingerprint density at radius 2 is 1.84 bits per heavy atom. The molecule has 0 aromatic heterocycles. The van der Waals surface area contributed by atoms with Gasteiger partial charge in [-0.3, -0.25) is 0 Å². The molecule has 2 N–H and O–H groups in total. The molecular formula is C16H15N3. The molecule has 0 atom stereocenters. The second-order valence-electron chi connectivity index (χ2n) is 4.72. The summed E-state index contributed by atoms with van der Waals surface area (Å²) in [7, 11) is 0. The van der Waals surface area contributed by atoms with Crippen LogP contribution < -0.4 is 10.6 Å². The van der Waals surface area contributed by atoms with Crippen molar-refractivity contribution in [3.63, 3.8) is 0 Å². The maximum absolute atomic E-state index is 8.77. The Hall–Kier alpha value is -2.47. The molecule has 0 bridgehead atoms. The third-order valence-corrected chi connectivity index (χ3v) is 3.35. The highest BCUT2D eigenvalue weighted by Crippen LogP contribution is 2.26. The first-order valence-corrected chi connectivity index (χ1v) is 6.49. The van der Waals surface area contributed by atoms with E-state index in [9.17, 15) is 0 Å². The topological polar surface area (TPSA) is 47.9 Å². The van der Waals surface area contributed by atoms with Crippen LogP contribution in [0.4, 0.5) is 17.1 Å². The SMILES string of the molecule is N#Cc1ccc(Nc2ccc3c(c2)CCCN3)cc1. The molecule has 2 aromatic carbocycles. The fourth-order valence-corrected chi connectivity index (χ4v) is 2.35. The molecule has 3 heteroatoms. The Morgan fingerprint density at radius 1 is 1.05 bits per heavy atom. The summed E-state index contributed by atoms with van der Waals surface area (Å²) in [6, 6.07) is 16.0. The summed E-state index contributed by atoms with van der Waals surface area (Å²) in [5.41, 5.74) is 5.39. The molecule has 0 spiro atoms. The molecule has 1 heterocycles. The van der Waals surface area contributed by atoms with Crippen LogP contribution in [0, 0.1) is 11.3 Å². The third-order valence-electron chi connectivity index (χ3n) is 3.35. The van der Waals surface area contributed by atoms with E-state index in [1.807, 2.05) is 24.3 Å². The summed E-state index contributed by atoms with van der Waals surface area (Å²) in [4.78, 5) is 0. The van der Waals surface area contributed by atoms with Crippen molar-refractivity contribution in [2.45, 2.75) is 12.8 Å². The normalized spacial score (nSPS) is 13.0. The van der Waals surface area contributed by atoms with E-state index in [-0.39, 0.29) is 0 Å². The minimum Gasteiger partial charge on any atom is -0.385 e. The summed E-state index contributed by atoms with van der Waals surface area (Å²) in [6.07, 6.45) is 2.32. The smallest absolute Gasteiger partial charge is 0.0991 e. The van der Waals surface area contributed by atoms with E-state index in [2.05, 4.69) is 34.9 Å². The number of hydrogen-bond acceptors (Lipinski definition) is 3. The van der Waals surface area contributed by atoms with Gasteiger partial charge in [-0.05, 0) is 60.9 Å². The van der Waals surface area contributed by atoms with E-state index in [0.717, 1.165) is 24.3 Å². The Balaban J connectivity index is 1.81. The highest BCUT2D eigenvalue weighted by molar-refractivity contribution is 5.66. The van der Waals surface area contributed by atoms with Crippen molar-refractivity contribution in [2.24, 2.45) is 0 Å². The average molecular weight is 249 g/mol. The number of aryl methyl sites for hydroxylation is 1. The average Bonchev–Trinajstić information content (AvgIpc) is 2.48. The molecule has 0 saturated carbocycles. The van der Waals surface area contributed by atoms with Crippen LogP contribution in [0.1, 0.15) is 17.5 Å². The standard InChI is InChI=1S/C16H15N3/c17-11-12-3-5-14(6-4-12)19-15-7-8-16-13(10-15)2-1-9-18-16/h3-8,10,18-19H,1-2,9H2. The third kappa shape index (κ3) is 2.53. The van der Waals surface area contributed by atoms with Gasteiger partial charge in [0.2, 0.25) is 0 Å². The molecular weight excluding hydrogens is 234 g/mol. The van der Waals surface area contributed by atoms with Crippen molar-refractivity contribution in [1.29, 1.82) is 5.26 Å². The van der Waals surface area contributed by atoms with E-state index < -0.39 is 0 Å². The molecule has 0 fully saturated rings. The Morgan fingerprint density at radius 3 is 2.63 bits per heavy atom. The fourth-order valence-electron chi connectivity index (χ4n) is 2.35. The number of nitrogens with one attached hydrogen (secondary N) is 2. The maximum Gasteiger partial charge on any atom is 0.0991 e. The predicted octanol–water partition coefficient (Wildman–Crippen LogP) is 3.66. The minimum atomic E-state index is 0.681. The molecule has 94 valence electrons. The highest BCUT2D eigenvalue weighted by atomic mass is 14.9. The summed E-state index contributed by atoms with van der Waals surface area (Å²) < 4.78 is 0. The molecule has 1 aliphatic heterocycles. The number of fused-ring (bicyclic) bond motifs is 1. The Labute approximate surface area is 112 Å². The van der Waals surface area contributed by atoms with Crippen LogP contribution in [0.15, 0.2) is 42.5 Å². The van der Waals surface area contributed by atoms with E-state index in [1.54, 1.807) is 0 Å². The van der Waals surface area contributed by atoms with Crippen molar-refractivity contribution in [2.75, 3.05) is 17.2 Å². The van der Waals surface area contributed by atoms with Gasteiger partial charge >= 0.3 is 0 Å². The number of hydrogen-bond donors (Lipinski definition) is 2.